The highest BCUT2D eigenvalue weighted by Gasteiger charge is 2.28. The first kappa shape index (κ1) is 15.5. The summed E-state index contributed by atoms with van der Waals surface area (Å²) >= 11 is 0. The predicted molar refractivity (Wildman–Crippen MR) is 78.9 cm³/mol. The SMILES string of the molecule is CS(=O)(=O)N1CCC(C(=O)Nc2ccc(C#N)cc2)CC1. The Morgan fingerprint density at radius 1 is 1.29 bits per heavy atom. The lowest BCUT2D eigenvalue weighted by Crippen LogP contribution is -2.40. The van der Waals surface area contributed by atoms with E-state index in [4.69, 9.17) is 5.26 Å². The van der Waals surface area contributed by atoms with E-state index in [1.54, 1.807) is 24.3 Å². The minimum Gasteiger partial charge on any atom is -0.326 e. The molecule has 1 aromatic carbocycles. The molecule has 0 radical (unpaired) electrons. The minimum absolute atomic E-state index is 0.104. The van der Waals surface area contributed by atoms with Gasteiger partial charge in [0, 0.05) is 24.7 Å². The van der Waals surface area contributed by atoms with Gasteiger partial charge in [-0.1, -0.05) is 0 Å². The van der Waals surface area contributed by atoms with Gasteiger partial charge in [0.1, 0.15) is 0 Å². The summed E-state index contributed by atoms with van der Waals surface area (Å²) in [6.45, 7) is 0.759. The molecule has 1 saturated heterocycles. The predicted octanol–water partition coefficient (Wildman–Crippen LogP) is 1.17. The van der Waals surface area contributed by atoms with E-state index in [9.17, 15) is 13.2 Å². The first-order valence-corrected chi connectivity index (χ1v) is 8.51. The van der Waals surface area contributed by atoms with Crippen molar-refractivity contribution in [2.45, 2.75) is 12.8 Å². The number of hydrogen-bond acceptors (Lipinski definition) is 4. The molecule has 6 nitrogen and oxygen atoms in total. The number of benzene rings is 1. The van der Waals surface area contributed by atoms with E-state index in [1.165, 1.54) is 10.6 Å². The van der Waals surface area contributed by atoms with E-state index in [0.29, 0.717) is 37.2 Å². The van der Waals surface area contributed by atoms with Crippen LogP contribution in [-0.2, 0) is 14.8 Å². The number of sulfonamides is 1. The fourth-order valence-electron chi connectivity index (χ4n) is 2.32. The number of nitrogens with zero attached hydrogens (tertiary/aromatic N) is 2. The van der Waals surface area contributed by atoms with Gasteiger partial charge in [0.05, 0.1) is 17.9 Å². The Bertz CT molecular complexity index is 654. The van der Waals surface area contributed by atoms with Crippen molar-refractivity contribution in [3.63, 3.8) is 0 Å². The molecule has 0 spiro atoms. The topological polar surface area (TPSA) is 90.3 Å². The van der Waals surface area contributed by atoms with Crippen molar-refractivity contribution in [3.05, 3.63) is 29.8 Å². The molecule has 21 heavy (non-hydrogen) atoms. The molecule has 1 amide bonds. The average molecular weight is 307 g/mol. The van der Waals surface area contributed by atoms with Crippen molar-refractivity contribution in [2.24, 2.45) is 5.92 Å². The number of piperidine rings is 1. The second kappa shape index (κ2) is 6.24. The number of carbonyl (C=O) groups excluding carboxylic acids is 1. The van der Waals surface area contributed by atoms with E-state index >= 15 is 0 Å². The maximum absolute atomic E-state index is 12.1. The molecule has 0 bridgehead atoms. The second-order valence-corrected chi connectivity index (χ2v) is 7.10. The molecule has 1 fully saturated rings. The van der Waals surface area contributed by atoms with Crippen LogP contribution in [0.25, 0.3) is 0 Å². The highest BCUT2D eigenvalue weighted by molar-refractivity contribution is 7.88. The van der Waals surface area contributed by atoms with E-state index in [0.717, 1.165) is 0 Å². The van der Waals surface area contributed by atoms with Crippen LogP contribution in [0.15, 0.2) is 24.3 Å². The van der Waals surface area contributed by atoms with Crippen LogP contribution in [0.1, 0.15) is 18.4 Å². The van der Waals surface area contributed by atoms with Crippen molar-refractivity contribution >= 4 is 21.6 Å². The molecule has 2 rings (SSSR count). The first-order chi connectivity index (χ1) is 9.90. The summed E-state index contributed by atoms with van der Waals surface area (Å²) in [5.74, 6) is -0.286. The number of anilines is 1. The molecule has 112 valence electrons. The Balaban J connectivity index is 1.91. The summed E-state index contributed by atoms with van der Waals surface area (Å²) in [4.78, 5) is 12.1. The third-order valence-electron chi connectivity index (χ3n) is 3.58. The van der Waals surface area contributed by atoms with Crippen molar-refractivity contribution < 1.29 is 13.2 Å². The normalized spacial score (nSPS) is 17.1. The molecular weight excluding hydrogens is 290 g/mol. The molecule has 0 unspecified atom stereocenters. The number of hydrogen-bond donors (Lipinski definition) is 1. The molecule has 1 N–H and O–H groups in total. The smallest absolute Gasteiger partial charge is 0.227 e. The first-order valence-electron chi connectivity index (χ1n) is 6.66. The fraction of sp³-hybridized carbons (Fsp3) is 0.429. The standard InChI is InChI=1S/C14H17N3O3S/c1-21(19,20)17-8-6-12(7-9-17)14(18)16-13-4-2-11(10-15)3-5-13/h2-5,12H,6-9H2,1H3,(H,16,18). The van der Waals surface area contributed by atoms with Gasteiger partial charge in [0.2, 0.25) is 15.9 Å². The summed E-state index contributed by atoms with van der Waals surface area (Å²) in [6, 6.07) is 8.66. The van der Waals surface area contributed by atoms with Gasteiger partial charge in [-0.3, -0.25) is 4.79 Å². The van der Waals surface area contributed by atoms with Crippen LogP contribution in [0.2, 0.25) is 0 Å². The van der Waals surface area contributed by atoms with Gasteiger partial charge in [-0.15, -0.1) is 0 Å². The largest absolute Gasteiger partial charge is 0.326 e. The molecular formula is C14H17N3O3S. The minimum atomic E-state index is -3.17. The van der Waals surface area contributed by atoms with E-state index in [-0.39, 0.29) is 11.8 Å². The number of nitrogens with one attached hydrogen (secondary N) is 1. The molecule has 0 atom stereocenters. The quantitative estimate of drug-likeness (QED) is 0.907. The van der Waals surface area contributed by atoms with Gasteiger partial charge in [0.15, 0.2) is 0 Å². The summed E-state index contributed by atoms with van der Waals surface area (Å²) in [5.41, 5.74) is 1.18. The lowest BCUT2D eigenvalue weighted by Gasteiger charge is -2.29. The molecule has 1 heterocycles. The van der Waals surface area contributed by atoms with Crippen molar-refractivity contribution in [1.82, 2.24) is 4.31 Å². The zero-order valence-corrected chi connectivity index (χ0v) is 12.6. The van der Waals surface area contributed by atoms with Crippen molar-refractivity contribution in [2.75, 3.05) is 24.7 Å². The highest BCUT2D eigenvalue weighted by atomic mass is 32.2. The van der Waals surface area contributed by atoms with Crippen LogP contribution >= 0.6 is 0 Å². The Morgan fingerprint density at radius 3 is 2.33 bits per heavy atom. The maximum atomic E-state index is 12.1. The van der Waals surface area contributed by atoms with Gasteiger partial charge < -0.3 is 5.32 Å². The molecule has 1 aromatic rings. The average Bonchev–Trinajstić information content (AvgIpc) is 2.47. The maximum Gasteiger partial charge on any atom is 0.227 e. The molecule has 0 aromatic heterocycles. The van der Waals surface area contributed by atoms with Crippen LogP contribution in [0.4, 0.5) is 5.69 Å². The van der Waals surface area contributed by atoms with Crippen molar-refractivity contribution in [3.8, 4) is 6.07 Å². The van der Waals surface area contributed by atoms with Crippen LogP contribution in [0, 0.1) is 17.2 Å². The summed E-state index contributed by atoms with van der Waals surface area (Å²) < 4.78 is 24.2. The van der Waals surface area contributed by atoms with E-state index in [1.807, 2.05) is 6.07 Å². The Hall–Kier alpha value is -1.91. The molecule has 1 aliphatic heterocycles. The highest BCUT2D eigenvalue weighted by Crippen LogP contribution is 2.21. The summed E-state index contributed by atoms with van der Waals surface area (Å²) in [5, 5.41) is 11.5. The Kier molecular flexibility index (Phi) is 4.60. The zero-order chi connectivity index (χ0) is 15.5. The summed E-state index contributed by atoms with van der Waals surface area (Å²) in [7, 11) is -3.17. The number of amides is 1. The lowest BCUT2D eigenvalue weighted by atomic mass is 9.97. The number of nitriles is 1. The molecule has 0 aliphatic carbocycles. The monoisotopic (exact) mass is 307 g/mol. The van der Waals surface area contributed by atoms with Gasteiger partial charge in [-0.05, 0) is 37.1 Å². The molecule has 1 aliphatic rings. The summed E-state index contributed by atoms with van der Waals surface area (Å²) in [6.07, 6.45) is 2.23. The van der Waals surface area contributed by atoms with Crippen molar-refractivity contribution in [1.29, 1.82) is 5.26 Å². The lowest BCUT2D eigenvalue weighted by molar-refractivity contribution is -0.120. The van der Waals surface area contributed by atoms with Gasteiger partial charge in [-0.25, -0.2) is 12.7 Å². The number of carbonyl (C=O) groups is 1. The molecule has 0 saturated carbocycles. The van der Waals surface area contributed by atoms with Crippen LogP contribution in [0.5, 0.6) is 0 Å². The fourth-order valence-corrected chi connectivity index (χ4v) is 3.20. The van der Waals surface area contributed by atoms with Crippen LogP contribution in [0.3, 0.4) is 0 Å². The Labute approximate surface area is 124 Å². The van der Waals surface area contributed by atoms with Crippen LogP contribution in [-0.4, -0.2) is 38.0 Å². The zero-order valence-electron chi connectivity index (χ0n) is 11.7. The third-order valence-corrected chi connectivity index (χ3v) is 4.88. The third kappa shape index (κ3) is 4.03. The molecule has 7 heteroatoms. The van der Waals surface area contributed by atoms with E-state index < -0.39 is 10.0 Å². The van der Waals surface area contributed by atoms with Gasteiger partial charge in [-0.2, -0.15) is 5.26 Å². The van der Waals surface area contributed by atoms with E-state index in [2.05, 4.69) is 5.32 Å². The number of rotatable bonds is 3. The second-order valence-electron chi connectivity index (χ2n) is 5.11. The van der Waals surface area contributed by atoms with Gasteiger partial charge >= 0.3 is 0 Å². The van der Waals surface area contributed by atoms with Gasteiger partial charge in [0.25, 0.3) is 0 Å². The van der Waals surface area contributed by atoms with Crippen LogP contribution < -0.4 is 5.32 Å². The Morgan fingerprint density at radius 2 is 1.86 bits per heavy atom.